The largest absolute Gasteiger partial charge is 0.481 e. The van der Waals surface area contributed by atoms with Crippen molar-refractivity contribution in [1.82, 2.24) is 9.97 Å². The maximum atomic E-state index is 13.4. The maximum absolute atomic E-state index is 13.4. The number of hydrogen-bond donors (Lipinski definition) is 1. The van der Waals surface area contributed by atoms with E-state index in [-0.39, 0.29) is 18.2 Å². The van der Waals surface area contributed by atoms with Crippen molar-refractivity contribution in [3.05, 3.63) is 48.0 Å². The summed E-state index contributed by atoms with van der Waals surface area (Å²) in [7, 11) is 1.69. The van der Waals surface area contributed by atoms with Crippen molar-refractivity contribution >= 4 is 40.1 Å². The quantitative estimate of drug-likeness (QED) is 0.352. The number of amides is 2. The van der Waals surface area contributed by atoms with Gasteiger partial charge in [-0.25, -0.2) is 9.97 Å². The number of aliphatic carboxylic acids is 1. The van der Waals surface area contributed by atoms with Crippen molar-refractivity contribution in [1.29, 1.82) is 0 Å². The Bertz CT molecular complexity index is 1330. The van der Waals surface area contributed by atoms with Crippen LogP contribution in [0, 0.1) is 11.8 Å². The summed E-state index contributed by atoms with van der Waals surface area (Å²) in [6.45, 7) is 0.698. The lowest BCUT2D eigenvalue weighted by Crippen LogP contribution is -2.35. The number of carbonyl (C=O) groups excluding carboxylic acids is 2. The zero-order valence-corrected chi connectivity index (χ0v) is 23.0. The highest BCUT2D eigenvalue weighted by Gasteiger charge is 2.30. The molecule has 1 N–H and O–H groups in total. The monoisotopic (exact) mass is 546 g/mol. The number of carboxylic acids is 1. The molecule has 2 aliphatic rings. The standard InChI is InChI=1S/C30H34N4O4S/c1-33(29(38)22(17-28(36)37)16-20-8-2-3-9-20)30-32-25(19-39-30)24-11-5-4-10-23(24)21-13-14-26(31-18-21)34-15-7-6-12-27(34)35/h4-5,10-11,13-14,18-20,22H,2-3,6-9,12,15-17H2,1H3,(H,36,37). The van der Waals surface area contributed by atoms with Gasteiger partial charge in [0.15, 0.2) is 5.13 Å². The number of piperidine rings is 1. The highest BCUT2D eigenvalue weighted by atomic mass is 32.1. The van der Waals surface area contributed by atoms with E-state index >= 15 is 0 Å². The van der Waals surface area contributed by atoms with Gasteiger partial charge in [-0.2, -0.15) is 0 Å². The Morgan fingerprint density at radius 3 is 2.56 bits per heavy atom. The Balaban J connectivity index is 1.35. The highest BCUT2D eigenvalue weighted by molar-refractivity contribution is 7.14. The van der Waals surface area contributed by atoms with Crippen LogP contribution < -0.4 is 9.80 Å². The number of carbonyl (C=O) groups is 3. The zero-order valence-electron chi connectivity index (χ0n) is 22.2. The molecule has 39 heavy (non-hydrogen) atoms. The molecule has 1 saturated heterocycles. The average Bonchev–Trinajstić information content (AvgIpc) is 3.65. The van der Waals surface area contributed by atoms with Gasteiger partial charge >= 0.3 is 5.97 Å². The fraction of sp³-hybridized carbons (Fsp3) is 0.433. The Kier molecular flexibility index (Phi) is 8.35. The first-order valence-corrected chi connectivity index (χ1v) is 14.6. The fourth-order valence-electron chi connectivity index (χ4n) is 5.75. The molecule has 3 heterocycles. The molecule has 9 heteroatoms. The summed E-state index contributed by atoms with van der Waals surface area (Å²) in [6, 6.07) is 11.8. The van der Waals surface area contributed by atoms with E-state index in [1.807, 2.05) is 41.8 Å². The van der Waals surface area contributed by atoms with Crippen LogP contribution in [-0.4, -0.2) is 46.5 Å². The maximum Gasteiger partial charge on any atom is 0.304 e. The van der Waals surface area contributed by atoms with Crippen molar-refractivity contribution in [2.45, 2.75) is 57.8 Å². The van der Waals surface area contributed by atoms with Crippen LogP contribution in [-0.2, 0) is 14.4 Å². The van der Waals surface area contributed by atoms with E-state index in [9.17, 15) is 19.5 Å². The number of aromatic nitrogens is 2. The molecule has 1 atom stereocenters. The molecule has 3 aromatic rings. The molecule has 1 saturated carbocycles. The van der Waals surface area contributed by atoms with Crippen molar-refractivity contribution < 1.29 is 19.5 Å². The van der Waals surface area contributed by atoms with Crippen LogP contribution in [0.25, 0.3) is 22.4 Å². The predicted octanol–water partition coefficient (Wildman–Crippen LogP) is 6.02. The van der Waals surface area contributed by atoms with Gasteiger partial charge < -0.3 is 5.11 Å². The van der Waals surface area contributed by atoms with E-state index in [1.54, 1.807) is 18.1 Å². The summed E-state index contributed by atoms with van der Waals surface area (Å²) >= 11 is 1.37. The van der Waals surface area contributed by atoms with Gasteiger partial charge in [-0.05, 0) is 42.9 Å². The number of carboxylic acid groups (broad SMARTS) is 1. The fourth-order valence-corrected chi connectivity index (χ4v) is 6.55. The molecule has 2 aromatic heterocycles. The van der Waals surface area contributed by atoms with Crippen LogP contribution >= 0.6 is 11.3 Å². The van der Waals surface area contributed by atoms with Crippen molar-refractivity contribution in [3.8, 4) is 22.4 Å². The molecule has 0 radical (unpaired) electrons. The number of nitrogens with zero attached hydrogens (tertiary/aromatic N) is 4. The zero-order chi connectivity index (χ0) is 27.4. The summed E-state index contributed by atoms with van der Waals surface area (Å²) in [5.74, 6) is -0.483. The molecule has 204 valence electrons. The minimum atomic E-state index is -0.946. The van der Waals surface area contributed by atoms with Crippen LogP contribution in [0.15, 0.2) is 48.0 Å². The Labute approximate surface area is 232 Å². The first-order chi connectivity index (χ1) is 18.9. The van der Waals surface area contributed by atoms with Crippen molar-refractivity contribution in [2.24, 2.45) is 11.8 Å². The molecule has 0 bridgehead atoms. The first kappa shape index (κ1) is 27.0. The Hall–Kier alpha value is -3.59. The summed E-state index contributed by atoms with van der Waals surface area (Å²) < 4.78 is 0. The molecule has 8 nitrogen and oxygen atoms in total. The lowest BCUT2D eigenvalue weighted by Gasteiger charge is -2.25. The Morgan fingerprint density at radius 1 is 1.10 bits per heavy atom. The second-order valence-electron chi connectivity index (χ2n) is 10.5. The lowest BCUT2D eigenvalue weighted by atomic mass is 9.90. The molecular formula is C30H34N4O4S. The molecule has 1 unspecified atom stereocenters. The van der Waals surface area contributed by atoms with Gasteiger partial charge in [0, 0.05) is 48.6 Å². The SMILES string of the molecule is CN(C(=O)C(CC(=O)O)CC1CCCC1)c1nc(-c2ccccc2-c2ccc(N3CCCCC3=O)nc2)cs1. The van der Waals surface area contributed by atoms with Gasteiger partial charge in [0.1, 0.15) is 5.82 Å². The summed E-state index contributed by atoms with van der Waals surface area (Å²) in [4.78, 5) is 49.9. The topological polar surface area (TPSA) is 104 Å². The minimum absolute atomic E-state index is 0.115. The van der Waals surface area contributed by atoms with E-state index in [2.05, 4.69) is 4.98 Å². The summed E-state index contributed by atoms with van der Waals surface area (Å²) in [5, 5.41) is 11.9. The van der Waals surface area contributed by atoms with Crippen molar-refractivity contribution in [2.75, 3.05) is 23.4 Å². The van der Waals surface area contributed by atoms with Crippen LogP contribution in [0.5, 0.6) is 0 Å². The van der Waals surface area contributed by atoms with E-state index < -0.39 is 11.9 Å². The second-order valence-corrected chi connectivity index (χ2v) is 11.4. The third-order valence-electron chi connectivity index (χ3n) is 7.83. The number of pyridine rings is 1. The molecule has 1 aliphatic heterocycles. The number of thiazole rings is 1. The van der Waals surface area contributed by atoms with E-state index in [0.29, 0.717) is 36.3 Å². The molecular weight excluding hydrogens is 512 g/mol. The third kappa shape index (κ3) is 6.19. The number of hydrogen-bond acceptors (Lipinski definition) is 6. The lowest BCUT2D eigenvalue weighted by molar-refractivity contribution is -0.140. The minimum Gasteiger partial charge on any atom is -0.481 e. The highest BCUT2D eigenvalue weighted by Crippen LogP contribution is 2.36. The molecule has 2 amide bonds. The van der Waals surface area contributed by atoms with Crippen molar-refractivity contribution in [3.63, 3.8) is 0 Å². The number of benzene rings is 1. The summed E-state index contributed by atoms with van der Waals surface area (Å²) in [5.41, 5.74) is 3.52. The van der Waals surface area contributed by atoms with Crippen LogP contribution in [0.1, 0.15) is 57.8 Å². The van der Waals surface area contributed by atoms with Gasteiger partial charge in [-0.3, -0.25) is 24.2 Å². The van der Waals surface area contributed by atoms with E-state index in [1.165, 1.54) is 16.2 Å². The second kappa shape index (κ2) is 12.1. The Morgan fingerprint density at radius 2 is 1.87 bits per heavy atom. The summed E-state index contributed by atoms with van der Waals surface area (Å²) in [6.07, 6.45) is 9.15. The average molecular weight is 547 g/mol. The number of anilines is 2. The van der Waals surface area contributed by atoms with Gasteiger partial charge in [0.2, 0.25) is 11.8 Å². The molecule has 5 rings (SSSR count). The van der Waals surface area contributed by atoms with Gasteiger partial charge in [-0.1, -0.05) is 49.9 Å². The van der Waals surface area contributed by atoms with Gasteiger partial charge in [-0.15, -0.1) is 11.3 Å². The third-order valence-corrected chi connectivity index (χ3v) is 8.75. The normalized spacial score (nSPS) is 16.8. The van der Waals surface area contributed by atoms with E-state index in [0.717, 1.165) is 60.9 Å². The first-order valence-electron chi connectivity index (χ1n) is 13.7. The molecule has 0 spiro atoms. The smallest absolute Gasteiger partial charge is 0.304 e. The van der Waals surface area contributed by atoms with E-state index in [4.69, 9.17) is 4.98 Å². The molecule has 1 aromatic carbocycles. The predicted molar refractivity (Wildman–Crippen MR) is 153 cm³/mol. The molecule has 1 aliphatic carbocycles. The van der Waals surface area contributed by atoms with Crippen LogP contribution in [0.4, 0.5) is 10.9 Å². The van der Waals surface area contributed by atoms with Gasteiger partial charge in [0.25, 0.3) is 0 Å². The number of rotatable bonds is 9. The van der Waals surface area contributed by atoms with Crippen LogP contribution in [0.2, 0.25) is 0 Å². The van der Waals surface area contributed by atoms with Crippen LogP contribution in [0.3, 0.4) is 0 Å². The van der Waals surface area contributed by atoms with Gasteiger partial charge in [0.05, 0.1) is 12.1 Å². The molecule has 2 fully saturated rings.